The van der Waals surface area contributed by atoms with E-state index in [4.69, 9.17) is 0 Å². The summed E-state index contributed by atoms with van der Waals surface area (Å²) in [5.74, 6) is 2.46. The first-order chi connectivity index (χ1) is 14.5. The number of carbonyl (C=O) groups is 1. The standard InChI is InChI=1S/C23H38N6O.HI/c1-18-13-19(2)16-29(15-18)22(30)17-27-9-11-28(12-10-27)23(24-4)26-8-6-21-5-7-25-14-20(21)3;/h5,7,14,18-19H,6,8-13,15-17H2,1-4H3,(H,24,26);1H. The number of likely N-dealkylation sites (tertiary alicyclic amines) is 1. The fourth-order valence-electron chi connectivity index (χ4n) is 4.70. The largest absolute Gasteiger partial charge is 0.356 e. The molecular weight excluding hydrogens is 503 g/mol. The van der Waals surface area contributed by atoms with E-state index in [1.54, 1.807) is 0 Å². The zero-order valence-corrected chi connectivity index (χ0v) is 21.8. The van der Waals surface area contributed by atoms with E-state index in [1.165, 1.54) is 17.5 Å². The summed E-state index contributed by atoms with van der Waals surface area (Å²) in [6.07, 6.45) is 5.95. The third-order valence-corrected chi connectivity index (χ3v) is 6.28. The lowest BCUT2D eigenvalue weighted by Gasteiger charge is -2.39. The molecule has 3 rings (SSSR count). The molecule has 0 saturated carbocycles. The third kappa shape index (κ3) is 7.59. The lowest BCUT2D eigenvalue weighted by Crippen LogP contribution is -2.55. The Labute approximate surface area is 204 Å². The first-order valence-electron chi connectivity index (χ1n) is 11.3. The average Bonchev–Trinajstić information content (AvgIpc) is 2.72. The maximum absolute atomic E-state index is 12.8. The molecule has 0 bridgehead atoms. The number of piperazine rings is 1. The summed E-state index contributed by atoms with van der Waals surface area (Å²) in [6, 6.07) is 2.08. The molecular formula is C23H39IN6O. The average molecular weight is 543 g/mol. The first kappa shape index (κ1) is 25.8. The minimum Gasteiger partial charge on any atom is -0.356 e. The van der Waals surface area contributed by atoms with Crippen LogP contribution >= 0.6 is 24.0 Å². The van der Waals surface area contributed by atoms with Gasteiger partial charge in [-0.15, -0.1) is 24.0 Å². The van der Waals surface area contributed by atoms with Crippen LogP contribution < -0.4 is 5.32 Å². The van der Waals surface area contributed by atoms with Gasteiger partial charge in [-0.25, -0.2) is 0 Å². The first-order valence-corrected chi connectivity index (χ1v) is 11.3. The van der Waals surface area contributed by atoms with E-state index in [2.05, 4.69) is 56.8 Å². The van der Waals surface area contributed by atoms with Gasteiger partial charge in [0.2, 0.25) is 5.91 Å². The van der Waals surface area contributed by atoms with E-state index in [9.17, 15) is 4.79 Å². The number of amides is 1. The second kappa shape index (κ2) is 12.6. The summed E-state index contributed by atoms with van der Waals surface area (Å²) < 4.78 is 0. The predicted molar refractivity (Wildman–Crippen MR) is 137 cm³/mol. The van der Waals surface area contributed by atoms with Crippen LogP contribution in [-0.4, -0.2) is 91.0 Å². The lowest BCUT2D eigenvalue weighted by molar-refractivity contribution is -0.135. The number of halogens is 1. The van der Waals surface area contributed by atoms with Crippen LogP contribution in [-0.2, 0) is 11.2 Å². The maximum Gasteiger partial charge on any atom is 0.236 e. The fraction of sp³-hybridized carbons (Fsp3) is 0.696. The molecule has 2 aliphatic rings. The molecule has 174 valence electrons. The van der Waals surface area contributed by atoms with Crippen molar-refractivity contribution in [3.05, 3.63) is 29.6 Å². The highest BCUT2D eigenvalue weighted by atomic mass is 127. The van der Waals surface area contributed by atoms with Gasteiger partial charge in [-0.1, -0.05) is 13.8 Å². The highest BCUT2D eigenvalue weighted by Gasteiger charge is 2.28. The Kier molecular flexibility index (Phi) is 10.5. The van der Waals surface area contributed by atoms with Crippen molar-refractivity contribution in [1.82, 2.24) is 25.0 Å². The summed E-state index contributed by atoms with van der Waals surface area (Å²) >= 11 is 0. The molecule has 2 unspecified atom stereocenters. The molecule has 7 nitrogen and oxygen atoms in total. The van der Waals surface area contributed by atoms with Crippen molar-refractivity contribution in [1.29, 1.82) is 0 Å². The fourth-order valence-corrected chi connectivity index (χ4v) is 4.70. The number of piperidine rings is 1. The van der Waals surface area contributed by atoms with E-state index < -0.39 is 0 Å². The number of aryl methyl sites for hydroxylation is 1. The van der Waals surface area contributed by atoms with E-state index in [1.807, 2.05) is 19.4 Å². The predicted octanol–water partition coefficient (Wildman–Crippen LogP) is 2.25. The number of aromatic nitrogens is 1. The Morgan fingerprint density at radius 2 is 1.84 bits per heavy atom. The van der Waals surface area contributed by atoms with Crippen molar-refractivity contribution >= 4 is 35.8 Å². The zero-order valence-electron chi connectivity index (χ0n) is 19.5. The number of hydrogen-bond acceptors (Lipinski definition) is 4. The van der Waals surface area contributed by atoms with Gasteiger partial charge in [0, 0.05) is 65.3 Å². The van der Waals surface area contributed by atoms with Gasteiger partial charge in [0.1, 0.15) is 0 Å². The van der Waals surface area contributed by atoms with Gasteiger partial charge in [-0.2, -0.15) is 0 Å². The molecule has 8 heteroatoms. The number of nitrogens with zero attached hydrogens (tertiary/aromatic N) is 5. The van der Waals surface area contributed by atoms with E-state index in [0.717, 1.165) is 58.2 Å². The molecule has 0 aromatic carbocycles. The van der Waals surface area contributed by atoms with Gasteiger partial charge in [0.25, 0.3) is 0 Å². The number of nitrogens with one attached hydrogen (secondary N) is 1. The Balaban J connectivity index is 0.00000341. The molecule has 1 amide bonds. The quantitative estimate of drug-likeness (QED) is 0.352. The Hall–Kier alpha value is -1.42. The minimum absolute atomic E-state index is 0. The van der Waals surface area contributed by atoms with Gasteiger partial charge in [-0.3, -0.25) is 19.7 Å². The molecule has 2 aliphatic heterocycles. The second-order valence-electron chi connectivity index (χ2n) is 9.03. The second-order valence-corrected chi connectivity index (χ2v) is 9.03. The van der Waals surface area contributed by atoms with E-state index >= 15 is 0 Å². The highest BCUT2D eigenvalue weighted by Crippen LogP contribution is 2.21. The van der Waals surface area contributed by atoms with Crippen molar-refractivity contribution < 1.29 is 4.79 Å². The van der Waals surface area contributed by atoms with E-state index in [-0.39, 0.29) is 29.9 Å². The van der Waals surface area contributed by atoms with Crippen LogP contribution in [0.3, 0.4) is 0 Å². The number of pyridine rings is 1. The molecule has 2 fully saturated rings. The number of guanidine groups is 1. The Bertz CT molecular complexity index is 725. The molecule has 1 aromatic rings. The van der Waals surface area contributed by atoms with Gasteiger partial charge in [0.05, 0.1) is 6.54 Å². The molecule has 3 heterocycles. The van der Waals surface area contributed by atoms with Gasteiger partial charge in [0.15, 0.2) is 5.96 Å². The monoisotopic (exact) mass is 542 g/mol. The third-order valence-electron chi connectivity index (χ3n) is 6.28. The Morgan fingerprint density at radius 1 is 1.16 bits per heavy atom. The van der Waals surface area contributed by atoms with Crippen molar-refractivity contribution in [2.75, 3.05) is 59.4 Å². The lowest BCUT2D eigenvalue weighted by atomic mass is 9.92. The van der Waals surface area contributed by atoms with Crippen LogP contribution in [0.25, 0.3) is 0 Å². The van der Waals surface area contributed by atoms with Crippen molar-refractivity contribution in [2.24, 2.45) is 16.8 Å². The number of hydrogen-bond donors (Lipinski definition) is 1. The smallest absolute Gasteiger partial charge is 0.236 e. The summed E-state index contributed by atoms with van der Waals surface area (Å²) in [5.41, 5.74) is 2.54. The molecule has 0 radical (unpaired) electrons. The zero-order chi connectivity index (χ0) is 21.5. The molecule has 2 saturated heterocycles. The van der Waals surface area contributed by atoms with Crippen molar-refractivity contribution in [2.45, 2.75) is 33.6 Å². The summed E-state index contributed by atoms with van der Waals surface area (Å²) in [4.78, 5) is 28.0. The minimum atomic E-state index is 0. The normalized spacial score (nSPS) is 22.8. The SMILES string of the molecule is CN=C(NCCc1ccncc1C)N1CCN(CC(=O)N2CC(C)CC(C)C2)CC1.I. The van der Waals surface area contributed by atoms with Crippen LogP contribution in [0, 0.1) is 18.8 Å². The number of carbonyl (C=O) groups excluding carboxylic acids is 1. The van der Waals surface area contributed by atoms with Crippen LogP contribution in [0.2, 0.25) is 0 Å². The molecule has 0 spiro atoms. The molecule has 0 aliphatic carbocycles. The van der Waals surface area contributed by atoms with Crippen LogP contribution in [0.5, 0.6) is 0 Å². The molecule has 1 aromatic heterocycles. The van der Waals surface area contributed by atoms with Crippen LogP contribution in [0.15, 0.2) is 23.5 Å². The summed E-state index contributed by atoms with van der Waals surface area (Å²) in [5, 5.41) is 3.49. The van der Waals surface area contributed by atoms with Crippen LogP contribution in [0.4, 0.5) is 0 Å². The van der Waals surface area contributed by atoms with E-state index in [0.29, 0.717) is 18.4 Å². The van der Waals surface area contributed by atoms with Gasteiger partial charge < -0.3 is 15.1 Å². The number of rotatable bonds is 5. The van der Waals surface area contributed by atoms with Crippen LogP contribution in [0.1, 0.15) is 31.4 Å². The molecule has 1 N–H and O–H groups in total. The van der Waals surface area contributed by atoms with Gasteiger partial charge in [-0.05, 0) is 48.8 Å². The summed E-state index contributed by atoms with van der Waals surface area (Å²) in [6.45, 7) is 13.4. The van der Waals surface area contributed by atoms with Crippen molar-refractivity contribution in [3.63, 3.8) is 0 Å². The van der Waals surface area contributed by atoms with Gasteiger partial charge >= 0.3 is 0 Å². The number of aliphatic imine (C=N–C) groups is 1. The molecule has 2 atom stereocenters. The Morgan fingerprint density at radius 3 is 2.45 bits per heavy atom. The van der Waals surface area contributed by atoms with Crippen molar-refractivity contribution in [3.8, 4) is 0 Å². The highest BCUT2D eigenvalue weighted by molar-refractivity contribution is 14.0. The maximum atomic E-state index is 12.8. The topological polar surface area (TPSA) is 64.1 Å². The molecule has 31 heavy (non-hydrogen) atoms. The summed E-state index contributed by atoms with van der Waals surface area (Å²) in [7, 11) is 1.84.